The van der Waals surface area contributed by atoms with Crippen LogP contribution in [0.2, 0.25) is 0 Å². The number of para-hydroxylation sites is 1. The predicted molar refractivity (Wildman–Crippen MR) is 85.7 cm³/mol. The fourth-order valence-electron chi connectivity index (χ4n) is 2.41. The molecule has 0 unspecified atom stereocenters. The Kier molecular flexibility index (Phi) is 3.20. The molecule has 6 nitrogen and oxygen atoms in total. The van der Waals surface area contributed by atoms with E-state index in [1.807, 2.05) is 49.4 Å². The van der Waals surface area contributed by atoms with Crippen molar-refractivity contribution in [2.24, 2.45) is 0 Å². The van der Waals surface area contributed by atoms with Crippen LogP contribution in [0, 0.1) is 6.92 Å². The first-order chi connectivity index (χ1) is 11.3. The maximum absolute atomic E-state index is 5.92. The summed E-state index contributed by atoms with van der Waals surface area (Å²) in [7, 11) is 0. The van der Waals surface area contributed by atoms with Gasteiger partial charge >= 0.3 is 0 Å². The topological polar surface area (TPSA) is 65.7 Å². The van der Waals surface area contributed by atoms with Gasteiger partial charge in [-0.25, -0.2) is 19.6 Å². The molecule has 0 N–H and O–H groups in total. The summed E-state index contributed by atoms with van der Waals surface area (Å²) in [5, 5.41) is 4.99. The SMILES string of the molecule is Cc1cccc2c(Oc3ccc(-n4cncn4)cc3)ncnc12. The van der Waals surface area contributed by atoms with E-state index in [2.05, 4.69) is 20.1 Å². The zero-order valence-corrected chi connectivity index (χ0v) is 12.4. The second-order valence-electron chi connectivity index (χ2n) is 5.09. The molecule has 0 aliphatic heterocycles. The van der Waals surface area contributed by atoms with E-state index in [0.29, 0.717) is 11.6 Å². The van der Waals surface area contributed by atoms with Crippen LogP contribution >= 0.6 is 0 Å². The fourth-order valence-corrected chi connectivity index (χ4v) is 2.41. The normalized spacial score (nSPS) is 10.8. The highest BCUT2D eigenvalue weighted by Gasteiger charge is 2.08. The standard InChI is InChI=1S/C17H13N5O/c1-12-3-2-4-15-16(12)19-10-20-17(15)23-14-7-5-13(6-8-14)22-11-18-9-21-22/h2-11H,1H3. The summed E-state index contributed by atoms with van der Waals surface area (Å²) in [5.74, 6) is 1.25. The maximum Gasteiger partial charge on any atom is 0.230 e. The first-order valence-electron chi connectivity index (χ1n) is 7.14. The van der Waals surface area contributed by atoms with E-state index in [0.717, 1.165) is 22.2 Å². The summed E-state index contributed by atoms with van der Waals surface area (Å²) in [6.45, 7) is 2.02. The molecule has 0 bridgehead atoms. The Hall–Kier alpha value is -3.28. The van der Waals surface area contributed by atoms with E-state index in [1.165, 1.54) is 12.7 Å². The van der Waals surface area contributed by atoms with E-state index in [-0.39, 0.29) is 0 Å². The minimum atomic E-state index is 0.548. The lowest BCUT2D eigenvalue weighted by atomic mass is 10.1. The molecule has 0 aliphatic carbocycles. The van der Waals surface area contributed by atoms with Crippen LogP contribution in [0.4, 0.5) is 0 Å². The summed E-state index contributed by atoms with van der Waals surface area (Å²) >= 11 is 0. The number of benzene rings is 2. The number of rotatable bonds is 3. The van der Waals surface area contributed by atoms with Gasteiger partial charge in [0.2, 0.25) is 5.88 Å². The lowest BCUT2D eigenvalue weighted by Crippen LogP contribution is -1.95. The average molecular weight is 303 g/mol. The molecule has 0 amide bonds. The number of nitrogens with zero attached hydrogens (tertiary/aromatic N) is 5. The van der Waals surface area contributed by atoms with Crippen molar-refractivity contribution >= 4 is 10.9 Å². The first-order valence-corrected chi connectivity index (χ1v) is 7.14. The van der Waals surface area contributed by atoms with Gasteiger partial charge in [0.25, 0.3) is 0 Å². The minimum Gasteiger partial charge on any atom is -0.438 e. The van der Waals surface area contributed by atoms with Gasteiger partial charge in [0.1, 0.15) is 24.7 Å². The second-order valence-corrected chi connectivity index (χ2v) is 5.09. The van der Waals surface area contributed by atoms with Gasteiger partial charge in [0, 0.05) is 0 Å². The Morgan fingerprint density at radius 3 is 2.61 bits per heavy atom. The van der Waals surface area contributed by atoms with Gasteiger partial charge in [-0.05, 0) is 42.8 Å². The summed E-state index contributed by atoms with van der Waals surface area (Å²) in [5.41, 5.74) is 2.91. The third-order valence-corrected chi connectivity index (χ3v) is 3.56. The monoisotopic (exact) mass is 303 g/mol. The van der Waals surface area contributed by atoms with Gasteiger partial charge in [-0.15, -0.1) is 0 Å². The molecule has 2 aromatic heterocycles. The number of fused-ring (bicyclic) bond motifs is 1. The third kappa shape index (κ3) is 2.50. The Morgan fingerprint density at radius 2 is 1.83 bits per heavy atom. The minimum absolute atomic E-state index is 0.548. The quantitative estimate of drug-likeness (QED) is 0.581. The molecule has 0 saturated carbocycles. The fraction of sp³-hybridized carbons (Fsp3) is 0.0588. The molecule has 4 aromatic rings. The Bertz CT molecular complexity index is 949. The van der Waals surface area contributed by atoms with Crippen molar-refractivity contribution < 1.29 is 4.74 Å². The van der Waals surface area contributed by atoms with Gasteiger partial charge in [-0.2, -0.15) is 5.10 Å². The number of hydrogen-bond donors (Lipinski definition) is 0. The number of aryl methyl sites for hydroxylation is 1. The number of ether oxygens (including phenoxy) is 1. The molecule has 4 rings (SSSR count). The van der Waals surface area contributed by atoms with Crippen LogP contribution in [0.5, 0.6) is 11.6 Å². The molecule has 2 aromatic carbocycles. The smallest absolute Gasteiger partial charge is 0.230 e. The van der Waals surface area contributed by atoms with E-state index in [1.54, 1.807) is 11.0 Å². The summed E-state index contributed by atoms with van der Waals surface area (Å²) < 4.78 is 7.61. The largest absolute Gasteiger partial charge is 0.438 e. The van der Waals surface area contributed by atoms with Crippen molar-refractivity contribution in [1.82, 2.24) is 24.7 Å². The molecular weight excluding hydrogens is 290 g/mol. The predicted octanol–water partition coefficient (Wildman–Crippen LogP) is 3.31. The van der Waals surface area contributed by atoms with Crippen LogP contribution in [0.3, 0.4) is 0 Å². The van der Waals surface area contributed by atoms with E-state index in [4.69, 9.17) is 4.74 Å². The van der Waals surface area contributed by atoms with Gasteiger partial charge in [-0.1, -0.05) is 12.1 Å². The molecule has 0 saturated heterocycles. The van der Waals surface area contributed by atoms with Crippen molar-refractivity contribution in [2.75, 3.05) is 0 Å². The van der Waals surface area contributed by atoms with Crippen LogP contribution in [-0.4, -0.2) is 24.7 Å². The number of hydrogen-bond acceptors (Lipinski definition) is 5. The van der Waals surface area contributed by atoms with Crippen LogP contribution in [-0.2, 0) is 0 Å². The summed E-state index contributed by atoms with van der Waals surface area (Å²) in [6, 6.07) is 13.5. The molecule has 0 atom stereocenters. The average Bonchev–Trinajstić information content (AvgIpc) is 3.11. The Morgan fingerprint density at radius 1 is 0.957 bits per heavy atom. The first kappa shape index (κ1) is 13.4. The Balaban J connectivity index is 1.67. The van der Waals surface area contributed by atoms with E-state index >= 15 is 0 Å². The summed E-state index contributed by atoms with van der Waals surface area (Å²) in [4.78, 5) is 12.5. The maximum atomic E-state index is 5.92. The van der Waals surface area contributed by atoms with E-state index in [9.17, 15) is 0 Å². The van der Waals surface area contributed by atoms with Crippen molar-refractivity contribution in [3.05, 3.63) is 67.0 Å². The third-order valence-electron chi connectivity index (χ3n) is 3.56. The molecule has 6 heteroatoms. The lowest BCUT2D eigenvalue weighted by Gasteiger charge is -2.09. The lowest BCUT2D eigenvalue weighted by molar-refractivity contribution is 0.468. The van der Waals surface area contributed by atoms with Crippen molar-refractivity contribution in [2.45, 2.75) is 6.92 Å². The molecule has 0 radical (unpaired) electrons. The molecule has 2 heterocycles. The molecule has 23 heavy (non-hydrogen) atoms. The molecule has 112 valence electrons. The second kappa shape index (κ2) is 5.49. The van der Waals surface area contributed by atoms with Crippen LogP contribution in [0.15, 0.2) is 61.4 Å². The highest BCUT2D eigenvalue weighted by atomic mass is 16.5. The zero-order valence-electron chi connectivity index (χ0n) is 12.4. The van der Waals surface area contributed by atoms with Crippen molar-refractivity contribution in [3.8, 4) is 17.3 Å². The van der Waals surface area contributed by atoms with Crippen molar-refractivity contribution in [1.29, 1.82) is 0 Å². The Labute approximate surface area is 132 Å². The molecule has 0 aliphatic rings. The highest BCUT2D eigenvalue weighted by molar-refractivity contribution is 5.85. The summed E-state index contributed by atoms with van der Waals surface area (Å²) in [6.07, 6.45) is 4.67. The van der Waals surface area contributed by atoms with Gasteiger partial charge in [0.05, 0.1) is 16.6 Å². The number of aromatic nitrogens is 5. The van der Waals surface area contributed by atoms with Gasteiger partial charge in [0.15, 0.2) is 0 Å². The molecule has 0 fully saturated rings. The van der Waals surface area contributed by atoms with Crippen LogP contribution in [0.25, 0.3) is 16.6 Å². The molecular formula is C17H13N5O. The van der Waals surface area contributed by atoms with E-state index < -0.39 is 0 Å². The van der Waals surface area contributed by atoms with Crippen molar-refractivity contribution in [3.63, 3.8) is 0 Å². The van der Waals surface area contributed by atoms with Gasteiger partial charge in [-0.3, -0.25) is 0 Å². The van der Waals surface area contributed by atoms with Crippen LogP contribution < -0.4 is 4.74 Å². The zero-order chi connectivity index (χ0) is 15.6. The highest BCUT2D eigenvalue weighted by Crippen LogP contribution is 2.28. The van der Waals surface area contributed by atoms with Crippen LogP contribution in [0.1, 0.15) is 5.56 Å². The molecule has 0 spiro atoms. The van der Waals surface area contributed by atoms with Gasteiger partial charge < -0.3 is 4.74 Å².